The Hall–Kier alpha value is -1.35. The third-order valence-corrected chi connectivity index (χ3v) is 6.51. The average molecular weight is 329 g/mol. The Morgan fingerprint density at radius 1 is 1.00 bits per heavy atom. The number of benzene rings is 1. The van der Waals surface area contributed by atoms with Crippen LogP contribution in [0.2, 0.25) is 0 Å². The minimum Gasteiger partial charge on any atom is -0.343 e. The van der Waals surface area contributed by atoms with Crippen LogP contribution in [0.25, 0.3) is 0 Å². The number of carbonyl (C=O) groups is 1. The van der Waals surface area contributed by atoms with Crippen molar-refractivity contribution in [3.05, 3.63) is 35.4 Å². The van der Waals surface area contributed by atoms with E-state index >= 15 is 0 Å². The summed E-state index contributed by atoms with van der Waals surface area (Å²) in [5.41, 5.74) is 2.59. The van der Waals surface area contributed by atoms with Gasteiger partial charge in [-0.3, -0.25) is 4.79 Å². The van der Waals surface area contributed by atoms with Gasteiger partial charge in [0.1, 0.15) is 0 Å². The Labute approximate surface area is 147 Å². The van der Waals surface area contributed by atoms with Gasteiger partial charge in [0.05, 0.1) is 0 Å². The fourth-order valence-corrected chi connectivity index (χ4v) is 4.80. The van der Waals surface area contributed by atoms with E-state index in [0.717, 1.165) is 24.3 Å². The molecule has 0 spiro atoms. The predicted molar refractivity (Wildman–Crippen MR) is 99.0 cm³/mol. The third-order valence-electron chi connectivity index (χ3n) is 6.51. The number of fused-ring (bicyclic) bond motifs is 1. The van der Waals surface area contributed by atoms with Crippen LogP contribution in [-0.2, 0) is 11.2 Å². The van der Waals surface area contributed by atoms with Gasteiger partial charge in [-0.25, -0.2) is 0 Å². The molecule has 132 valence electrons. The SMILES string of the molecule is Cc1ccccc1CCC(=O)N(C)C1C[C@H]2CC(N(C)C)C[C@H]2C1. The van der Waals surface area contributed by atoms with E-state index in [1.165, 1.54) is 36.8 Å². The van der Waals surface area contributed by atoms with Gasteiger partial charge >= 0.3 is 0 Å². The summed E-state index contributed by atoms with van der Waals surface area (Å²) < 4.78 is 0. The van der Waals surface area contributed by atoms with Crippen LogP contribution >= 0.6 is 0 Å². The Bertz CT molecular complexity index is 569. The zero-order valence-corrected chi connectivity index (χ0v) is 15.7. The molecular formula is C21H32N2O. The van der Waals surface area contributed by atoms with Crippen LogP contribution in [0.4, 0.5) is 0 Å². The first-order valence-corrected chi connectivity index (χ1v) is 9.42. The first-order valence-electron chi connectivity index (χ1n) is 9.42. The summed E-state index contributed by atoms with van der Waals surface area (Å²) in [6.45, 7) is 2.13. The molecule has 0 radical (unpaired) electrons. The van der Waals surface area contributed by atoms with E-state index in [1.807, 2.05) is 7.05 Å². The molecular weight excluding hydrogens is 296 g/mol. The minimum absolute atomic E-state index is 0.312. The highest BCUT2D eigenvalue weighted by atomic mass is 16.2. The summed E-state index contributed by atoms with van der Waals surface area (Å²) in [5.74, 6) is 1.97. The Kier molecular flexibility index (Phi) is 5.29. The van der Waals surface area contributed by atoms with E-state index in [4.69, 9.17) is 0 Å². The highest BCUT2D eigenvalue weighted by molar-refractivity contribution is 5.76. The van der Waals surface area contributed by atoms with E-state index in [9.17, 15) is 4.79 Å². The molecule has 2 saturated carbocycles. The van der Waals surface area contributed by atoms with Gasteiger partial charge in [-0.05, 0) is 76.1 Å². The van der Waals surface area contributed by atoms with Gasteiger partial charge in [0.2, 0.25) is 5.91 Å². The first kappa shape index (κ1) is 17.5. The highest BCUT2D eigenvalue weighted by Gasteiger charge is 2.43. The summed E-state index contributed by atoms with van der Waals surface area (Å²) in [5, 5.41) is 0. The molecule has 2 fully saturated rings. The van der Waals surface area contributed by atoms with Crippen molar-refractivity contribution in [1.29, 1.82) is 0 Å². The standard InChI is InChI=1S/C21H32N2O/c1-15-7-5-6-8-16(15)9-10-21(24)23(4)20-13-17-11-19(22(2)3)12-18(17)14-20/h5-8,17-20H,9-14H2,1-4H3/t17-,18+,19?,20?. The predicted octanol–water partition coefficient (Wildman–Crippen LogP) is 3.50. The third kappa shape index (κ3) is 3.66. The van der Waals surface area contributed by atoms with E-state index in [1.54, 1.807) is 0 Å². The lowest BCUT2D eigenvalue weighted by molar-refractivity contribution is -0.131. The number of nitrogens with zero attached hydrogens (tertiary/aromatic N) is 2. The fraction of sp³-hybridized carbons (Fsp3) is 0.667. The van der Waals surface area contributed by atoms with Gasteiger partial charge in [0, 0.05) is 25.6 Å². The van der Waals surface area contributed by atoms with Crippen molar-refractivity contribution in [2.45, 2.75) is 57.5 Å². The average Bonchev–Trinajstić information content (AvgIpc) is 3.12. The van der Waals surface area contributed by atoms with Crippen LogP contribution in [-0.4, -0.2) is 48.9 Å². The molecule has 24 heavy (non-hydrogen) atoms. The van der Waals surface area contributed by atoms with Gasteiger partial charge in [-0.1, -0.05) is 24.3 Å². The van der Waals surface area contributed by atoms with Gasteiger partial charge in [0.15, 0.2) is 0 Å². The van der Waals surface area contributed by atoms with E-state index in [0.29, 0.717) is 18.4 Å². The van der Waals surface area contributed by atoms with Crippen molar-refractivity contribution in [2.75, 3.05) is 21.1 Å². The molecule has 1 aromatic carbocycles. The Morgan fingerprint density at radius 2 is 1.58 bits per heavy atom. The van der Waals surface area contributed by atoms with Crippen LogP contribution in [0.15, 0.2) is 24.3 Å². The molecule has 1 aromatic rings. The number of hydrogen-bond donors (Lipinski definition) is 0. The molecule has 3 nitrogen and oxygen atoms in total. The van der Waals surface area contributed by atoms with Crippen molar-refractivity contribution < 1.29 is 4.79 Å². The summed E-state index contributed by atoms with van der Waals surface area (Å²) in [6, 6.07) is 9.61. The largest absolute Gasteiger partial charge is 0.343 e. The molecule has 2 aliphatic rings. The van der Waals surface area contributed by atoms with E-state index in [2.05, 4.69) is 55.1 Å². The molecule has 0 N–H and O–H groups in total. The second-order valence-electron chi connectivity index (χ2n) is 8.17. The molecule has 3 heteroatoms. The lowest BCUT2D eigenvalue weighted by Gasteiger charge is -2.27. The van der Waals surface area contributed by atoms with Gasteiger partial charge in [-0.2, -0.15) is 0 Å². The van der Waals surface area contributed by atoms with Crippen molar-refractivity contribution in [1.82, 2.24) is 9.80 Å². The Balaban J connectivity index is 1.50. The lowest BCUT2D eigenvalue weighted by atomic mass is 10.0. The molecule has 3 rings (SSSR count). The highest BCUT2D eigenvalue weighted by Crippen LogP contribution is 2.46. The molecule has 0 bridgehead atoms. The number of rotatable bonds is 5. The number of hydrogen-bond acceptors (Lipinski definition) is 2. The molecule has 1 amide bonds. The minimum atomic E-state index is 0.312. The van der Waals surface area contributed by atoms with E-state index < -0.39 is 0 Å². The normalized spacial score (nSPS) is 29.0. The molecule has 0 saturated heterocycles. The van der Waals surface area contributed by atoms with Crippen LogP contribution in [0.1, 0.15) is 43.2 Å². The topological polar surface area (TPSA) is 23.6 Å². The number of amides is 1. The fourth-order valence-electron chi connectivity index (χ4n) is 4.80. The molecule has 0 aliphatic heterocycles. The maximum absolute atomic E-state index is 12.6. The van der Waals surface area contributed by atoms with Crippen LogP contribution in [0.3, 0.4) is 0 Å². The van der Waals surface area contributed by atoms with Crippen molar-refractivity contribution in [3.63, 3.8) is 0 Å². The van der Waals surface area contributed by atoms with Gasteiger partial charge in [0.25, 0.3) is 0 Å². The molecule has 2 unspecified atom stereocenters. The smallest absolute Gasteiger partial charge is 0.222 e. The van der Waals surface area contributed by atoms with Crippen molar-refractivity contribution in [2.24, 2.45) is 11.8 Å². The van der Waals surface area contributed by atoms with Crippen LogP contribution in [0, 0.1) is 18.8 Å². The molecule has 0 aromatic heterocycles. The quantitative estimate of drug-likeness (QED) is 0.826. The lowest BCUT2D eigenvalue weighted by Crippen LogP contribution is -2.36. The summed E-state index contributed by atoms with van der Waals surface area (Å²) in [7, 11) is 6.42. The zero-order valence-electron chi connectivity index (χ0n) is 15.7. The maximum Gasteiger partial charge on any atom is 0.222 e. The van der Waals surface area contributed by atoms with E-state index in [-0.39, 0.29) is 0 Å². The summed E-state index contributed by atoms with van der Waals surface area (Å²) in [4.78, 5) is 17.1. The second-order valence-corrected chi connectivity index (χ2v) is 8.17. The molecule has 2 aliphatic carbocycles. The number of carbonyl (C=O) groups excluding carboxylic acids is 1. The van der Waals surface area contributed by atoms with Crippen LogP contribution < -0.4 is 0 Å². The second kappa shape index (κ2) is 7.26. The molecule has 4 atom stereocenters. The zero-order chi connectivity index (χ0) is 17.3. The number of aryl methyl sites for hydroxylation is 2. The summed E-state index contributed by atoms with van der Waals surface area (Å²) >= 11 is 0. The van der Waals surface area contributed by atoms with Gasteiger partial charge < -0.3 is 9.80 Å². The first-order chi connectivity index (χ1) is 11.5. The van der Waals surface area contributed by atoms with Crippen molar-refractivity contribution >= 4 is 5.91 Å². The Morgan fingerprint density at radius 3 is 2.17 bits per heavy atom. The maximum atomic E-state index is 12.6. The molecule has 0 heterocycles. The monoisotopic (exact) mass is 328 g/mol. The van der Waals surface area contributed by atoms with Gasteiger partial charge in [-0.15, -0.1) is 0 Å². The van der Waals surface area contributed by atoms with Crippen molar-refractivity contribution in [3.8, 4) is 0 Å². The summed E-state index contributed by atoms with van der Waals surface area (Å²) in [6.07, 6.45) is 6.55. The van der Waals surface area contributed by atoms with Crippen LogP contribution in [0.5, 0.6) is 0 Å².